The Bertz CT molecular complexity index is 376. The molecule has 0 aliphatic carbocycles. The number of alkyl halides is 1. The van der Waals surface area contributed by atoms with E-state index in [0.717, 1.165) is 12.8 Å². The summed E-state index contributed by atoms with van der Waals surface area (Å²) in [6.45, 7) is 6.51. The molecule has 1 saturated heterocycles. The first-order valence-corrected chi connectivity index (χ1v) is 9.15. The Balaban J connectivity index is 2.79. The minimum absolute atomic E-state index is 0.267. The molecule has 1 heterocycles. The first-order valence-electron chi connectivity index (χ1n) is 7.22. The second kappa shape index (κ2) is 8.54. The zero-order valence-electron chi connectivity index (χ0n) is 12.7. The van der Waals surface area contributed by atoms with Crippen LogP contribution in [0.3, 0.4) is 0 Å². The number of halogens is 1. The first kappa shape index (κ1) is 18.2. The molecular weight excluding hydrogens is 300 g/mol. The third-order valence-electron chi connectivity index (χ3n) is 3.47. The van der Waals surface area contributed by atoms with Crippen LogP contribution in [-0.4, -0.2) is 62.8 Å². The maximum Gasteiger partial charge on any atom is 0.282 e. The summed E-state index contributed by atoms with van der Waals surface area (Å²) in [7, 11) is -1.82. The summed E-state index contributed by atoms with van der Waals surface area (Å²) in [6.07, 6.45) is 1.90. The molecule has 1 aliphatic rings. The van der Waals surface area contributed by atoms with Crippen molar-refractivity contribution >= 4 is 21.8 Å². The van der Waals surface area contributed by atoms with E-state index in [4.69, 9.17) is 16.3 Å². The Hall–Kier alpha value is 0.120. The normalized spacial score (nSPS) is 21.8. The molecule has 0 saturated carbocycles. The van der Waals surface area contributed by atoms with E-state index in [2.05, 4.69) is 0 Å². The molecule has 0 radical (unpaired) electrons. The Morgan fingerprint density at radius 3 is 2.70 bits per heavy atom. The van der Waals surface area contributed by atoms with E-state index in [1.807, 2.05) is 13.8 Å². The first-order chi connectivity index (χ1) is 9.41. The number of nitrogens with zero attached hydrogens (tertiary/aromatic N) is 2. The molecule has 1 atom stereocenters. The van der Waals surface area contributed by atoms with E-state index in [0.29, 0.717) is 38.7 Å². The predicted molar refractivity (Wildman–Crippen MR) is 82.2 cm³/mol. The van der Waals surface area contributed by atoms with Crippen LogP contribution < -0.4 is 0 Å². The molecule has 20 heavy (non-hydrogen) atoms. The van der Waals surface area contributed by atoms with Gasteiger partial charge in [-0.2, -0.15) is 17.0 Å². The van der Waals surface area contributed by atoms with E-state index in [9.17, 15) is 8.42 Å². The minimum atomic E-state index is -3.41. The molecule has 0 spiro atoms. The van der Waals surface area contributed by atoms with Crippen molar-refractivity contribution in [3.63, 3.8) is 0 Å². The number of piperidine rings is 1. The SMILES string of the molecule is COCCN(CC(C)C)S(=O)(=O)N1CCCC(CCl)C1. The van der Waals surface area contributed by atoms with Gasteiger partial charge in [0.25, 0.3) is 10.2 Å². The lowest BCUT2D eigenvalue weighted by Gasteiger charge is -2.35. The van der Waals surface area contributed by atoms with Gasteiger partial charge in [-0.15, -0.1) is 11.6 Å². The number of ether oxygens (including phenoxy) is 1. The molecule has 1 aliphatic heterocycles. The minimum Gasteiger partial charge on any atom is -0.383 e. The van der Waals surface area contributed by atoms with Gasteiger partial charge < -0.3 is 4.74 Å². The van der Waals surface area contributed by atoms with Crippen LogP contribution in [0.4, 0.5) is 0 Å². The maximum atomic E-state index is 12.7. The van der Waals surface area contributed by atoms with Gasteiger partial charge in [0, 0.05) is 39.2 Å². The molecular formula is C13H27ClN2O3S. The van der Waals surface area contributed by atoms with Gasteiger partial charge in [0.2, 0.25) is 0 Å². The molecule has 0 bridgehead atoms. The summed E-state index contributed by atoms with van der Waals surface area (Å²) in [5.74, 6) is 1.08. The van der Waals surface area contributed by atoms with Gasteiger partial charge in [-0.1, -0.05) is 13.8 Å². The Labute approximate surface area is 128 Å². The van der Waals surface area contributed by atoms with Crippen molar-refractivity contribution in [1.29, 1.82) is 0 Å². The van der Waals surface area contributed by atoms with Gasteiger partial charge in [-0.25, -0.2) is 0 Å². The van der Waals surface area contributed by atoms with Crippen LogP contribution in [0.2, 0.25) is 0 Å². The third kappa shape index (κ3) is 5.15. The van der Waals surface area contributed by atoms with E-state index in [1.165, 1.54) is 4.31 Å². The molecule has 0 amide bonds. The molecule has 1 fully saturated rings. The standard InChI is InChI=1S/C13H27ClN2O3S/c1-12(2)10-16(7-8-19-3)20(17,18)15-6-4-5-13(9-14)11-15/h12-13H,4-11H2,1-3H3. The van der Waals surface area contributed by atoms with Crippen molar-refractivity contribution in [2.45, 2.75) is 26.7 Å². The quantitative estimate of drug-likeness (QED) is 0.639. The highest BCUT2D eigenvalue weighted by molar-refractivity contribution is 7.86. The van der Waals surface area contributed by atoms with Crippen molar-refractivity contribution in [3.8, 4) is 0 Å². The van der Waals surface area contributed by atoms with Crippen molar-refractivity contribution in [2.24, 2.45) is 11.8 Å². The van der Waals surface area contributed by atoms with Crippen LogP contribution >= 0.6 is 11.6 Å². The fourth-order valence-electron chi connectivity index (χ4n) is 2.43. The van der Waals surface area contributed by atoms with Crippen LogP contribution in [-0.2, 0) is 14.9 Å². The summed E-state index contributed by atoms with van der Waals surface area (Å²) in [4.78, 5) is 0. The third-order valence-corrected chi connectivity index (χ3v) is 5.87. The van der Waals surface area contributed by atoms with Crippen molar-refractivity contribution in [1.82, 2.24) is 8.61 Å². The highest BCUT2D eigenvalue weighted by atomic mass is 35.5. The molecule has 0 aromatic carbocycles. The van der Waals surface area contributed by atoms with Crippen LogP contribution in [0.5, 0.6) is 0 Å². The summed E-state index contributed by atoms with van der Waals surface area (Å²) in [6, 6.07) is 0. The highest BCUT2D eigenvalue weighted by Crippen LogP contribution is 2.22. The van der Waals surface area contributed by atoms with Gasteiger partial charge in [0.05, 0.1) is 6.61 Å². The average molecular weight is 327 g/mol. The van der Waals surface area contributed by atoms with E-state index < -0.39 is 10.2 Å². The maximum absolute atomic E-state index is 12.7. The van der Waals surface area contributed by atoms with Crippen LogP contribution in [0.1, 0.15) is 26.7 Å². The molecule has 1 rings (SSSR count). The lowest BCUT2D eigenvalue weighted by Crippen LogP contribution is -2.50. The Morgan fingerprint density at radius 1 is 1.45 bits per heavy atom. The predicted octanol–water partition coefficient (Wildman–Crippen LogP) is 1.79. The molecule has 0 aromatic heterocycles. The van der Waals surface area contributed by atoms with Crippen LogP contribution in [0.25, 0.3) is 0 Å². The van der Waals surface area contributed by atoms with E-state index in [-0.39, 0.29) is 11.8 Å². The van der Waals surface area contributed by atoms with E-state index in [1.54, 1.807) is 11.4 Å². The molecule has 0 aromatic rings. The molecule has 0 N–H and O–H groups in total. The van der Waals surface area contributed by atoms with Crippen molar-refractivity contribution in [2.75, 3.05) is 45.8 Å². The fraction of sp³-hybridized carbons (Fsp3) is 1.00. The van der Waals surface area contributed by atoms with Crippen molar-refractivity contribution < 1.29 is 13.2 Å². The number of hydrogen-bond donors (Lipinski definition) is 0. The lowest BCUT2D eigenvalue weighted by atomic mass is 10.0. The molecule has 120 valence electrons. The molecule has 5 nitrogen and oxygen atoms in total. The monoisotopic (exact) mass is 326 g/mol. The summed E-state index contributed by atoms with van der Waals surface area (Å²) >= 11 is 5.89. The number of rotatable bonds is 8. The topological polar surface area (TPSA) is 49.9 Å². The Morgan fingerprint density at radius 2 is 2.15 bits per heavy atom. The second-order valence-electron chi connectivity index (χ2n) is 5.77. The van der Waals surface area contributed by atoms with Gasteiger partial charge in [-0.3, -0.25) is 0 Å². The zero-order chi connectivity index (χ0) is 15.2. The number of hydrogen-bond acceptors (Lipinski definition) is 3. The number of methoxy groups -OCH3 is 1. The van der Waals surface area contributed by atoms with Gasteiger partial charge in [-0.05, 0) is 24.7 Å². The molecule has 1 unspecified atom stereocenters. The average Bonchev–Trinajstić information content (AvgIpc) is 2.43. The van der Waals surface area contributed by atoms with Gasteiger partial charge in [0.15, 0.2) is 0 Å². The second-order valence-corrected chi connectivity index (χ2v) is 8.01. The lowest BCUT2D eigenvalue weighted by molar-refractivity contribution is 0.168. The summed E-state index contributed by atoms with van der Waals surface area (Å²) < 4.78 is 33.6. The van der Waals surface area contributed by atoms with Crippen LogP contribution in [0.15, 0.2) is 0 Å². The highest BCUT2D eigenvalue weighted by Gasteiger charge is 2.33. The Kier molecular flexibility index (Phi) is 7.75. The summed E-state index contributed by atoms with van der Waals surface area (Å²) in [5.41, 5.74) is 0. The van der Waals surface area contributed by atoms with Crippen LogP contribution in [0, 0.1) is 11.8 Å². The van der Waals surface area contributed by atoms with Crippen molar-refractivity contribution in [3.05, 3.63) is 0 Å². The zero-order valence-corrected chi connectivity index (χ0v) is 14.3. The smallest absolute Gasteiger partial charge is 0.282 e. The van der Waals surface area contributed by atoms with E-state index >= 15 is 0 Å². The summed E-state index contributed by atoms with van der Waals surface area (Å²) in [5, 5.41) is 0. The largest absolute Gasteiger partial charge is 0.383 e. The molecule has 7 heteroatoms. The van der Waals surface area contributed by atoms with Gasteiger partial charge in [0.1, 0.15) is 0 Å². The fourth-order valence-corrected chi connectivity index (χ4v) is 4.56. The van der Waals surface area contributed by atoms with Gasteiger partial charge >= 0.3 is 0 Å².